The summed E-state index contributed by atoms with van der Waals surface area (Å²) in [7, 11) is 2.12. The lowest BCUT2D eigenvalue weighted by atomic mass is 10.2. The molecule has 0 aliphatic carbocycles. The van der Waals surface area contributed by atoms with Crippen molar-refractivity contribution in [3.8, 4) is 0 Å². The molecule has 1 heterocycles. The third-order valence-electron chi connectivity index (χ3n) is 2.72. The molecule has 0 spiro atoms. The maximum atomic E-state index is 9.00. The van der Waals surface area contributed by atoms with Crippen molar-refractivity contribution in [3.63, 3.8) is 0 Å². The van der Waals surface area contributed by atoms with Gasteiger partial charge in [0, 0.05) is 30.6 Å². The monoisotopic (exact) mass is 219 g/mol. The summed E-state index contributed by atoms with van der Waals surface area (Å²) in [4.78, 5) is 9.00. The van der Waals surface area contributed by atoms with Gasteiger partial charge in [-0.1, -0.05) is 18.2 Å². The highest BCUT2D eigenvalue weighted by Gasteiger charge is 2.05. The van der Waals surface area contributed by atoms with E-state index in [4.69, 9.17) is 9.90 Å². The second kappa shape index (κ2) is 4.84. The first kappa shape index (κ1) is 12.3. The summed E-state index contributed by atoms with van der Waals surface area (Å²) in [5.41, 5.74) is 4.08. The van der Waals surface area contributed by atoms with Crippen LogP contribution in [0.4, 0.5) is 0 Å². The van der Waals surface area contributed by atoms with Crippen LogP contribution < -0.4 is 0 Å². The zero-order valence-corrected chi connectivity index (χ0v) is 10.1. The lowest BCUT2D eigenvalue weighted by Crippen LogP contribution is -1.89. The van der Waals surface area contributed by atoms with Gasteiger partial charge in [0.15, 0.2) is 0 Å². The van der Waals surface area contributed by atoms with Gasteiger partial charge < -0.3 is 9.67 Å². The molecule has 1 N–H and O–H groups in total. The van der Waals surface area contributed by atoms with Crippen molar-refractivity contribution >= 4 is 16.9 Å². The summed E-state index contributed by atoms with van der Waals surface area (Å²) in [6, 6.07) is 8.52. The maximum absolute atomic E-state index is 9.00. The second-order valence-electron chi connectivity index (χ2n) is 3.81. The van der Waals surface area contributed by atoms with Crippen LogP contribution in [-0.4, -0.2) is 15.6 Å². The number of carboxylic acids is 1. The molecule has 0 saturated carbocycles. The van der Waals surface area contributed by atoms with Crippen molar-refractivity contribution in [1.29, 1.82) is 0 Å². The van der Waals surface area contributed by atoms with Crippen molar-refractivity contribution in [2.24, 2.45) is 7.05 Å². The van der Waals surface area contributed by atoms with Gasteiger partial charge in [0.2, 0.25) is 0 Å². The number of carbonyl (C=O) groups is 1. The number of aliphatic carboxylic acids is 1. The molecule has 0 saturated heterocycles. The number of benzene rings is 1. The fraction of sp³-hybridized carbons (Fsp3) is 0.308. The molecule has 0 amide bonds. The van der Waals surface area contributed by atoms with Crippen LogP contribution in [0.25, 0.3) is 10.9 Å². The number of aromatic nitrogens is 1. The van der Waals surface area contributed by atoms with Gasteiger partial charge in [-0.25, -0.2) is 0 Å². The number of carboxylic acid groups (broad SMARTS) is 1. The van der Waals surface area contributed by atoms with Gasteiger partial charge >= 0.3 is 0 Å². The third-order valence-corrected chi connectivity index (χ3v) is 2.72. The second-order valence-corrected chi connectivity index (χ2v) is 3.81. The molecule has 0 radical (unpaired) electrons. The minimum absolute atomic E-state index is 0.833. The zero-order chi connectivity index (χ0) is 12.3. The highest BCUT2D eigenvalue weighted by molar-refractivity contribution is 5.85. The Morgan fingerprint density at radius 1 is 1.25 bits per heavy atom. The first-order valence-electron chi connectivity index (χ1n) is 5.15. The van der Waals surface area contributed by atoms with Crippen LogP contribution >= 0.6 is 0 Å². The van der Waals surface area contributed by atoms with E-state index in [1.165, 1.54) is 22.2 Å². The maximum Gasteiger partial charge on any atom is 0.300 e. The number of hydrogen-bond acceptors (Lipinski definition) is 1. The number of nitrogens with zero attached hydrogens (tertiary/aromatic N) is 1. The topological polar surface area (TPSA) is 42.2 Å². The van der Waals surface area contributed by atoms with E-state index in [1.54, 1.807) is 0 Å². The quantitative estimate of drug-likeness (QED) is 0.740. The average molecular weight is 219 g/mol. The highest BCUT2D eigenvalue weighted by Crippen LogP contribution is 2.22. The summed E-state index contributed by atoms with van der Waals surface area (Å²) in [5.74, 6) is -0.833. The summed E-state index contributed by atoms with van der Waals surface area (Å²) in [6.07, 6.45) is 0. The SMILES string of the molecule is CC(=O)O.Cc1c(C)n(C)c2ccccc12. The van der Waals surface area contributed by atoms with Gasteiger partial charge in [0.05, 0.1) is 0 Å². The Hall–Kier alpha value is -1.77. The van der Waals surface area contributed by atoms with Crippen molar-refractivity contribution in [2.75, 3.05) is 0 Å². The number of fused-ring (bicyclic) bond motifs is 1. The third kappa shape index (κ3) is 2.42. The number of aryl methyl sites for hydroxylation is 2. The Balaban J connectivity index is 0.000000280. The van der Waals surface area contributed by atoms with Crippen molar-refractivity contribution < 1.29 is 9.90 Å². The first-order chi connectivity index (χ1) is 7.45. The van der Waals surface area contributed by atoms with E-state index in [-0.39, 0.29) is 0 Å². The Kier molecular flexibility index (Phi) is 3.72. The molecule has 0 fully saturated rings. The van der Waals surface area contributed by atoms with Crippen molar-refractivity contribution in [3.05, 3.63) is 35.5 Å². The minimum atomic E-state index is -0.833. The van der Waals surface area contributed by atoms with Gasteiger partial charge in [-0.3, -0.25) is 4.79 Å². The molecule has 0 atom stereocenters. The molecule has 2 aromatic rings. The molecular weight excluding hydrogens is 202 g/mol. The van der Waals surface area contributed by atoms with Gasteiger partial charge in [-0.05, 0) is 25.5 Å². The van der Waals surface area contributed by atoms with Crippen LogP contribution in [0.5, 0.6) is 0 Å². The van der Waals surface area contributed by atoms with Crippen molar-refractivity contribution in [2.45, 2.75) is 20.8 Å². The Morgan fingerprint density at radius 3 is 2.25 bits per heavy atom. The van der Waals surface area contributed by atoms with Crippen LogP contribution in [0.3, 0.4) is 0 Å². The summed E-state index contributed by atoms with van der Waals surface area (Å²) in [6.45, 7) is 5.42. The fourth-order valence-corrected chi connectivity index (χ4v) is 1.71. The number of rotatable bonds is 0. The van der Waals surface area contributed by atoms with Crippen molar-refractivity contribution in [1.82, 2.24) is 4.57 Å². The molecule has 1 aromatic heterocycles. The molecule has 0 unspecified atom stereocenters. The Morgan fingerprint density at radius 2 is 1.75 bits per heavy atom. The predicted molar refractivity (Wildman–Crippen MR) is 65.7 cm³/mol. The van der Waals surface area contributed by atoms with Crippen LogP contribution in [-0.2, 0) is 11.8 Å². The molecular formula is C13H17NO2. The smallest absolute Gasteiger partial charge is 0.300 e. The normalized spacial score (nSPS) is 9.75. The average Bonchev–Trinajstić information content (AvgIpc) is 2.44. The molecule has 86 valence electrons. The van der Waals surface area contributed by atoms with Crippen LogP contribution in [0, 0.1) is 13.8 Å². The molecule has 3 heteroatoms. The lowest BCUT2D eigenvalue weighted by molar-refractivity contribution is -0.134. The summed E-state index contributed by atoms with van der Waals surface area (Å²) < 4.78 is 2.24. The fourth-order valence-electron chi connectivity index (χ4n) is 1.71. The van der Waals surface area contributed by atoms with E-state index in [9.17, 15) is 0 Å². The van der Waals surface area contributed by atoms with E-state index < -0.39 is 5.97 Å². The molecule has 3 nitrogen and oxygen atoms in total. The largest absolute Gasteiger partial charge is 0.481 e. The van der Waals surface area contributed by atoms with E-state index >= 15 is 0 Å². The Bertz CT molecular complexity index is 469. The summed E-state index contributed by atoms with van der Waals surface area (Å²) >= 11 is 0. The van der Waals surface area contributed by atoms with Gasteiger partial charge in [0.1, 0.15) is 0 Å². The molecule has 0 aliphatic heterocycles. The van der Waals surface area contributed by atoms with Gasteiger partial charge in [-0.15, -0.1) is 0 Å². The molecule has 0 aliphatic rings. The zero-order valence-electron chi connectivity index (χ0n) is 10.1. The van der Waals surface area contributed by atoms with E-state index in [0.717, 1.165) is 6.92 Å². The molecule has 1 aromatic carbocycles. The Labute approximate surface area is 95.3 Å². The van der Waals surface area contributed by atoms with E-state index in [0.29, 0.717) is 0 Å². The summed E-state index contributed by atoms with van der Waals surface area (Å²) in [5, 5.41) is 8.79. The number of hydrogen-bond donors (Lipinski definition) is 1. The van der Waals surface area contributed by atoms with Gasteiger partial charge in [0.25, 0.3) is 5.97 Å². The minimum Gasteiger partial charge on any atom is -0.481 e. The molecule has 0 bridgehead atoms. The van der Waals surface area contributed by atoms with Gasteiger partial charge in [-0.2, -0.15) is 0 Å². The predicted octanol–water partition coefficient (Wildman–Crippen LogP) is 2.89. The highest BCUT2D eigenvalue weighted by atomic mass is 16.4. The standard InChI is InChI=1S/C11H13N.C2H4O2/c1-8-9(2)12(3)11-7-5-4-6-10(8)11;1-2(3)4/h4-7H,1-3H3;1H3,(H,3,4). The lowest BCUT2D eigenvalue weighted by Gasteiger charge is -1.96. The van der Waals surface area contributed by atoms with Crippen LogP contribution in [0.2, 0.25) is 0 Å². The molecule has 2 rings (SSSR count). The number of para-hydroxylation sites is 1. The molecule has 16 heavy (non-hydrogen) atoms. The van der Waals surface area contributed by atoms with Crippen LogP contribution in [0.15, 0.2) is 24.3 Å². The van der Waals surface area contributed by atoms with Crippen LogP contribution in [0.1, 0.15) is 18.2 Å². The first-order valence-corrected chi connectivity index (χ1v) is 5.15. The van der Waals surface area contributed by atoms with E-state index in [1.807, 2.05) is 0 Å². The van der Waals surface area contributed by atoms with E-state index in [2.05, 4.69) is 49.7 Å².